The van der Waals surface area contributed by atoms with Gasteiger partial charge in [0, 0.05) is 25.0 Å². The summed E-state index contributed by atoms with van der Waals surface area (Å²) < 4.78 is 6.87. The summed E-state index contributed by atoms with van der Waals surface area (Å²) in [5.41, 5.74) is 0.743. The molecule has 0 unspecified atom stereocenters. The minimum atomic E-state index is -0.000503. The maximum Gasteiger partial charge on any atom is 0.232 e. The Morgan fingerprint density at radius 2 is 2.12 bits per heavy atom. The number of hydrogen-bond donors (Lipinski definition) is 0. The summed E-state index contributed by atoms with van der Waals surface area (Å²) in [5.74, 6) is 1.42. The fourth-order valence-corrected chi connectivity index (χ4v) is 3.09. The summed E-state index contributed by atoms with van der Waals surface area (Å²) in [6, 6.07) is 6.04. The topological polar surface area (TPSA) is 73.3 Å². The predicted molar refractivity (Wildman–Crippen MR) is 94.2 cm³/mol. The first-order valence-corrected chi connectivity index (χ1v) is 9.20. The van der Waals surface area contributed by atoms with Crippen molar-refractivity contribution in [2.24, 2.45) is 4.99 Å². The molecule has 0 radical (unpaired) electrons. The SMILES string of the molecule is CC(C)c1noc(CCC(=O)n2ccccc2=NC2CCCCC2)n1. The number of nitrogens with zero attached hydrogens (tertiary/aromatic N) is 4. The third kappa shape index (κ3) is 4.65. The fraction of sp³-hybridized carbons (Fsp3) is 0.579. The molecule has 0 N–H and O–H groups in total. The van der Waals surface area contributed by atoms with Crippen molar-refractivity contribution in [3.8, 4) is 0 Å². The first kappa shape index (κ1) is 17.6. The van der Waals surface area contributed by atoms with E-state index in [1.54, 1.807) is 10.8 Å². The molecule has 3 rings (SSSR count). The maximum atomic E-state index is 12.6. The molecule has 1 aliphatic rings. The molecule has 1 aliphatic carbocycles. The quantitative estimate of drug-likeness (QED) is 0.833. The van der Waals surface area contributed by atoms with Gasteiger partial charge in [-0.15, -0.1) is 0 Å². The Kier molecular flexibility index (Phi) is 5.79. The average Bonchev–Trinajstić information content (AvgIpc) is 3.10. The van der Waals surface area contributed by atoms with E-state index < -0.39 is 0 Å². The molecule has 2 aromatic heterocycles. The molecule has 0 spiro atoms. The van der Waals surface area contributed by atoms with E-state index in [1.807, 2.05) is 32.0 Å². The second-order valence-electron chi connectivity index (χ2n) is 6.94. The summed E-state index contributed by atoms with van der Waals surface area (Å²) in [6.07, 6.45) is 8.53. The standard InChI is InChI=1S/C19H26N4O2/c1-14(2)19-21-17(25-22-19)11-12-18(24)23-13-7-6-10-16(23)20-15-8-4-3-5-9-15/h6-7,10,13-15H,3-5,8-9,11-12H2,1-2H3. The molecule has 0 bridgehead atoms. The third-order valence-corrected chi connectivity index (χ3v) is 4.55. The lowest BCUT2D eigenvalue weighted by Crippen LogP contribution is -2.29. The lowest BCUT2D eigenvalue weighted by atomic mass is 9.96. The zero-order valence-corrected chi connectivity index (χ0v) is 15.0. The number of rotatable bonds is 5. The van der Waals surface area contributed by atoms with E-state index >= 15 is 0 Å². The molecule has 25 heavy (non-hydrogen) atoms. The molecule has 0 atom stereocenters. The molecule has 2 aromatic rings. The summed E-state index contributed by atoms with van der Waals surface area (Å²) in [6.45, 7) is 4.03. The smallest absolute Gasteiger partial charge is 0.232 e. The number of aryl methyl sites for hydroxylation is 1. The van der Waals surface area contributed by atoms with Crippen LogP contribution in [-0.2, 0) is 6.42 Å². The van der Waals surface area contributed by atoms with Gasteiger partial charge >= 0.3 is 0 Å². The van der Waals surface area contributed by atoms with Crippen molar-refractivity contribution < 1.29 is 9.32 Å². The molecular weight excluding hydrogens is 316 g/mol. The van der Waals surface area contributed by atoms with Crippen molar-refractivity contribution >= 4 is 5.91 Å². The molecule has 134 valence electrons. The molecule has 0 saturated heterocycles. The van der Waals surface area contributed by atoms with Crippen molar-refractivity contribution in [1.29, 1.82) is 0 Å². The number of carbonyl (C=O) groups is 1. The highest BCUT2D eigenvalue weighted by Gasteiger charge is 2.14. The molecule has 1 fully saturated rings. The van der Waals surface area contributed by atoms with Crippen LogP contribution >= 0.6 is 0 Å². The van der Waals surface area contributed by atoms with Gasteiger partial charge in [-0.1, -0.05) is 44.3 Å². The van der Waals surface area contributed by atoms with Gasteiger partial charge in [0.05, 0.1) is 6.04 Å². The summed E-state index contributed by atoms with van der Waals surface area (Å²) >= 11 is 0. The van der Waals surface area contributed by atoms with Gasteiger partial charge in [0.25, 0.3) is 0 Å². The second kappa shape index (κ2) is 8.23. The van der Waals surface area contributed by atoms with Gasteiger partial charge in [-0.25, -0.2) is 0 Å². The van der Waals surface area contributed by atoms with E-state index in [0.29, 0.717) is 30.6 Å². The van der Waals surface area contributed by atoms with E-state index in [4.69, 9.17) is 9.52 Å². The molecule has 1 saturated carbocycles. The van der Waals surface area contributed by atoms with Gasteiger partial charge in [0.1, 0.15) is 5.49 Å². The molecule has 0 amide bonds. The van der Waals surface area contributed by atoms with Crippen molar-refractivity contribution in [1.82, 2.24) is 14.7 Å². The summed E-state index contributed by atoms with van der Waals surface area (Å²) in [7, 11) is 0. The van der Waals surface area contributed by atoms with Gasteiger partial charge in [-0.05, 0) is 25.0 Å². The minimum Gasteiger partial charge on any atom is -0.339 e. The lowest BCUT2D eigenvalue weighted by molar-refractivity contribution is 0.0893. The van der Waals surface area contributed by atoms with Crippen LogP contribution in [0.4, 0.5) is 0 Å². The van der Waals surface area contributed by atoms with Gasteiger partial charge < -0.3 is 4.52 Å². The van der Waals surface area contributed by atoms with Crippen LogP contribution in [-0.4, -0.2) is 26.7 Å². The minimum absolute atomic E-state index is 0.000503. The third-order valence-electron chi connectivity index (χ3n) is 4.55. The first-order valence-electron chi connectivity index (χ1n) is 9.20. The van der Waals surface area contributed by atoms with Crippen molar-refractivity contribution in [2.75, 3.05) is 0 Å². The van der Waals surface area contributed by atoms with Crippen LogP contribution in [0.25, 0.3) is 0 Å². The van der Waals surface area contributed by atoms with Gasteiger partial charge in [-0.2, -0.15) is 4.98 Å². The van der Waals surface area contributed by atoms with E-state index in [1.165, 1.54) is 19.3 Å². The van der Waals surface area contributed by atoms with Gasteiger partial charge in [0.15, 0.2) is 5.82 Å². The van der Waals surface area contributed by atoms with E-state index in [9.17, 15) is 4.79 Å². The Bertz CT molecular complexity index is 769. The first-order chi connectivity index (χ1) is 12.1. The molecule has 2 heterocycles. The highest BCUT2D eigenvalue weighted by atomic mass is 16.5. The number of carbonyl (C=O) groups excluding carboxylic acids is 1. The monoisotopic (exact) mass is 342 g/mol. The van der Waals surface area contributed by atoms with Gasteiger partial charge in [-0.3, -0.25) is 14.4 Å². The van der Waals surface area contributed by atoms with Crippen molar-refractivity contribution in [2.45, 2.75) is 70.8 Å². The van der Waals surface area contributed by atoms with Gasteiger partial charge in [0.2, 0.25) is 11.8 Å². The Labute approximate surface area is 148 Å². The highest BCUT2D eigenvalue weighted by Crippen LogP contribution is 2.19. The van der Waals surface area contributed by atoms with E-state index in [2.05, 4.69) is 10.1 Å². The van der Waals surface area contributed by atoms with Crippen LogP contribution in [0.1, 0.15) is 74.8 Å². The molecule has 0 aliphatic heterocycles. The van der Waals surface area contributed by atoms with Crippen LogP contribution < -0.4 is 5.49 Å². The predicted octanol–water partition coefficient (Wildman–Crippen LogP) is 3.50. The fourth-order valence-electron chi connectivity index (χ4n) is 3.09. The Hall–Kier alpha value is -2.24. The molecule has 6 nitrogen and oxygen atoms in total. The van der Waals surface area contributed by atoms with Crippen LogP contribution in [0.15, 0.2) is 33.9 Å². The number of pyridine rings is 1. The molecular formula is C19H26N4O2. The summed E-state index contributed by atoms with van der Waals surface area (Å²) in [5, 5.41) is 3.94. The van der Waals surface area contributed by atoms with E-state index in [0.717, 1.165) is 18.3 Å². The van der Waals surface area contributed by atoms with Crippen LogP contribution in [0.5, 0.6) is 0 Å². The van der Waals surface area contributed by atoms with Crippen LogP contribution in [0.3, 0.4) is 0 Å². The lowest BCUT2D eigenvalue weighted by Gasteiger charge is -2.17. The highest BCUT2D eigenvalue weighted by molar-refractivity contribution is 5.78. The van der Waals surface area contributed by atoms with Crippen LogP contribution in [0, 0.1) is 0 Å². The largest absolute Gasteiger partial charge is 0.339 e. The second-order valence-corrected chi connectivity index (χ2v) is 6.94. The van der Waals surface area contributed by atoms with E-state index in [-0.39, 0.29) is 11.8 Å². The normalized spacial score (nSPS) is 16.5. The molecule has 0 aromatic carbocycles. The Balaban J connectivity index is 1.70. The molecule has 6 heteroatoms. The Morgan fingerprint density at radius 3 is 2.84 bits per heavy atom. The summed E-state index contributed by atoms with van der Waals surface area (Å²) in [4.78, 5) is 21.8. The van der Waals surface area contributed by atoms with Crippen molar-refractivity contribution in [3.05, 3.63) is 41.6 Å². The Morgan fingerprint density at radius 1 is 1.32 bits per heavy atom. The average molecular weight is 342 g/mol. The maximum absolute atomic E-state index is 12.6. The van der Waals surface area contributed by atoms with Crippen LogP contribution in [0.2, 0.25) is 0 Å². The zero-order valence-electron chi connectivity index (χ0n) is 15.0. The number of aromatic nitrogens is 3. The zero-order chi connectivity index (χ0) is 17.6. The number of hydrogen-bond acceptors (Lipinski definition) is 5. The van der Waals surface area contributed by atoms with Crippen molar-refractivity contribution in [3.63, 3.8) is 0 Å².